The van der Waals surface area contributed by atoms with Gasteiger partial charge in [0.25, 0.3) is 0 Å². The van der Waals surface area contributed by atoms with Gasteiger partial charge < -0.3 is 5.32 Å². The van der Waals surface area contributed by atoms with Crippen LogP contribution in [0.5, 0.6) is 0 Å². The van der Waals surface area contributed by atoms with Crippen LogP contribution in [0, 0.1) is 12.8 Å². The van der Waals surface area contributed by atoms with Crippen LogP contribution in [0.1, 0.15) is 20.3 Å². The van der Waals surface area contributed by atoms with E-state index in [-0.39, 0.29) is 0 Å². The van der Waals surface area contributed by atoms with Crippen LogP contribution in [-0.2, 0) is 0 Å². The summed E-state index contributed by atoms with van der Waals surface area (Å²) in [5, 5.41) is 3.20. The van der Waals surface area contributed by atoms with Crippen molar-refractivity contribution in [2.24, 2.45) is 0 Å². The van der Waals surface area contributed by atoms with E-state index < -0.39 is 0 Å². The Kier molecular flexibility index (Phi) is 21.0. The van der Waals surface area contributed by atoms with E-state index in [9.17, 15) is 0 Å². The molecule has 1 N–H and O–H groups in total. The summed E-state index contributed by atoms with van der Waals surface area (Å²) in [4.78, 5) is 0. The molecular weight excluding hydrogens is 98.1 g/mol. The van der Waals surface area contributed by atoms with Crippen molar-refractivity contribution in [2.75, 3.05) is 13.1 Å². The molecule has 0 spiro atoms. The van der Waals surface area contributed by atoms with Crippen molar-refractivity contribution in [3.8, 4) is 12.8 Å². The summed E-state index contributed by atoms with van der Waals surface area (Å²) in [5.74, 6) is 0. The van der Waals surface area contributed by atoms with E-state index in [4.69, 9.17) is 0 Å². The molecule has 0 fully saturated rings. The van der Waals surface area contributed by atoms with E-state index in [1.807, 2.05) is 0 Å². The van der Waals surface area contributed by atoms with Gasteiger partial charge in [-0.15, -0.1) is 12.8 Å². The molecule has 1 nitrogen and oxygen atoms in total. The zero-order chi connectivity index (χ0) is 6.83. The van der Waals surface area contributed by atoms with Gasteiger partial charge in [0.2, 0.25) is 0 Å². The molecule has 0 saturated carbocycles. The van der Waals surface area contributed by atoms with Crippen LogP contribution < -0.4 is 5.32 Å². The second-order valence-electron chi connectivity index (χ2n) is 1.35. The number of nitrogens with one attached hydrogen (secondary N) is 1. The highest BCUT2D eigenvalue weighted by atomic mass is 14.8. The fourth-order valence-electron chi connectivity index (χ4n) is 0.354. The maximum atomic E-state index is 4.00. The lowest BCUT2D eigenvalue weighted by molar-refractivity contribution is 0.703. The minimum atomic E-state index is 1.10. The van der Waals surface area contributed by atoms with Gasteiger partial charge in [-0.3, -0.25) is 0 Å². The summed E-state index contributed by atoms with van der Waals surface area (Å²) in [5.41, 5.74) is 0. The van der Waals surface area contributed by atoms with Gasteiger partial charge in [0.05, 0.1) is 0 Å². The maximum absolute atomic E-state index is 4.00. The zero-order valence-corrected chi connectivity index (χ0v) is 5.78. The summed E-state index contributed by atoms with van der Waals surface area (Å²) in [6, 6.07) is 0. The predicted molar refractivity (Wildman–Crippen MR) is 38.7 cm³/mol. The second-order valence-corrected chi connectivity index (χ2v) is 1.35. The molecule has 0 rings (SSSR count). The van der Waals surface area contributed by atoms with Crippen molar-refractivity contribution in [3.63, 3.8) is 0 Å². The van der Waals surface area contributed by atoms with E-state index >= 15 is 0 Å². The van der Waals surface area contributed by atoms with E-state index in [0.29, 0.717) is 0 Å². The maximum Gasteiger partial charge on any atom is -0.00517 e. The molecule has 0 bridgehead atoms. The van der Waals surface area contributed by atoms with Crippen molar-refractivity contribution >= 4 is 0 Å². The van der Waals surface area contributed by atoms with Gasteiger partial charge in [-0.05, 0) is 19.5 Å². The van der Waals surface area contributed by atoms with Crippen LogP contribution in [0.2, 0.25) is 0 Å². The quantitative estimate of drug-likeness (QED) is 0.429. The van der Waals surface area contributed by atoms with Crippen LogP contribution in [0.15, 0.2) is 0 Å². The number of hydrogen-bond donors (Lipinski definition) is 1. The highest BCUT2D eigenvalue weighted by Gasteiger charge is 1.71. The van der Waals surface area contributed by atoms with Crippen LogP contribution in [0.25, 0.3) is 0 Å². The van der Waals surface area contributed by atoms with Gasteiger partial charge in [0.15, 0.2) is 0 Å². The van der Waals surface area contributed by atoms with Crippen molar-refractivity contribution in [3.05, 3.63) is 0 Å². The van der Waals surface area contributed by atoms with Crippen molar-refractivity contribution < 1.29 is 0 Å². The van der Waals surface area contributed by atoms with Crippen molar-refractivity contribution in [2.45, 2.75) is 20.3 Å². The van der Waals surface area contributed by atoms with E-state index in [2.05, 4.69) is 32.0 Å². The zero-order valence-electron chi connectivity index (χ0n) is 5.78. The minimum Gasteiger partial charge on any atom is -0.317 e. The highest BCUT2D eigenvalue weighted by Crippen LogP contribution is 1.65. The molecule has 0 aromatic carbocycles. The minimum absolute atomic E-state index is 1.10. The Morgan fingerprint density at radius 1 is 1.25 bits per heavy atom. The molecule has 48 valence electrons. The lowest BCUT2D eigenvalue weighted by atomic mass is 10.5. The molecular formula is C7H15N. The molecule has 0 radical (unpaired) electrons. The predicted octanol–water partition coefficient (Wildman–Crippen LogP) is 1.26. The molecule has 1 heteroatoms. The molecule has 0 aliphatic heterocycles. The van der Waals surface area contributed by atoms with Gasteiger partial charge in [-0.1, -0.05) is 13.8 Å². The largest absolute Gasteiger partial charge is 0.317 e. The third-order valence-electron chi connectivity index (χ3n) is 0.677. The average molecular weight is 113 g/mol. The molecule has 0 aromatic heterocycles. The number of hydrogen-bond acceptors (Lipinski definition) is 1. The average Bonchev–Trinajstić information content (AvgIpc) is 1.88. The van der Waals surface area contributed by atoms with Gasteiger partial charge >= 0.3 is 0 Å². The Bertz CT molecular complexity index is 34.9. The van der Waals surface area contributed by atoms with E-state index in [1.165, 1.54) is 6.42 Å². The van der Waals surface area contributed by atoms with Gasteiger partial charge in [-0.25, -0.2) is 0 Å². The summed E-state index contributed by atoms with van der Waals surface area (Å²) in [6.07, 6.45) is 9.24. The Balaban J connectivity index is 0. The first-order chi connectivity index (χ1) is 3.91. The van der Waals surface area contributed by atoms with Crippen LogP contribution in [0.4, 0.5) is 0 Å². The molecule has 0 atom stereocenters. The Morgan fingerprint density at radius 2 is 1.75 bits per heavy atom. The molecule has 0 aliphatic rings. The summed E-state index contributed by atoms with van der Waals surface area (Å²) >= 11 is 0. The van der Waals surface area contributed by atoms with Crippen molar-refractivity contribution in [1.29, 1.82) is 0 Å². The van der Waals surface area contributed by atoms with Gasteiger partial charge in [0, 0.05) is 0 Å². The molecule has 0 amide bonds. The first-order valence-corrected chi connectivity index (χ1v) is 2.95. The second kappa shape index (κ2) is 16.0. The molecule has 0 heterocycles. The van der Waals surface area contributed by atoms with Gasteiger partial charge in [0.1, 0.15) is 0 Å². The first kappa shape index (κ1) is 10.5. The fraction of sp³-hybridized carbons (Fsp3) is 0.714. The molecule has 0 saturated heterocycles. The third kappa shape index (κ3) is 17.8. The SMILES string of the molecule is C#C.CCCNCC. The topological polar surface area (TPSA) is 12.0 Å². The Hall–Kier alpha value is -0.480. The fourth-order valence-corrected chi connectivity index (χ4v) is 0.354. The number of rotatable bonds is 3. The monoisotopic (exact) mass is 113 g/mol. The standard InChI is InChI=1S/C5H13N.C2H2/c1-3-5-6-4-2;1-2/h6H,3-5H2,1-2H3;1-2H. The van der Waals surface area contributed by atoms with E-state index in [1.54, 1.807) is 0 Å². The third-order valence-corrected chi connectivity index (χ3v) is 0.677. The Labute approximate surface area is 52.5 Å². The summed E-state index contributed by atoms with van der Waals surface area (Å²) in [7, 11) is 0. The summed E-state index contributed by atoms with van der Waals surface area (Å²) < 4.78 is 0. The van der Waals surface area contributed by atoms with E-state index in [0.717, 1.165) is 13.1 Å². The lowest BCUT2D eigenvalue weighted by Crippen LogP contribution is -2.12. The summed E-state index contributed by atoms with van der Waals surface area (Å²) in [6.45, 7) is 6.56. The molecule has 0 unspecified atom stereocenters. The molecule has 0 aliphatic carbocycles. The lowest BCUT2D eigenvalue weighted by Gasteiger charge is -1.91. The van der Waals surface area contributed by atoms with Crippen LogP contribution in [-0.4, -0.2) is 13.1 Å². The molecule has 8 heavy (non-hydrogen) atoms. The highest BCUT2D eigenvalue weighted by molar-refractivity contribution is 4.47. The first-order valence-electron chi connectivity index (χ1n) is 2.95. The Morgan fingerprint density at radius 3 is 1.88 bits per heavy atom. The van der Waals surface area contributed by atoms with Gasteiger partial charge in [-0.2, -0.15) is 0 Å². The molecule has 0 aromatic rings. The smallest absolute Gasteiger partial charge is 0.00517 e. The van der Waals surface area contributed by atoms with Crippen LogP contribution in [0.3, 0.4) is 0 Å². The van der Waals surface area contributed by atoms with Crippen LogP contribution >= 0.6 is 0 Å². The van der Waals surface area contributed by atoms with Crippen molar-refractivity contribution in [1.82, 2.24) is 5.32 Å². The normalized spacial score (nSPS) is 7.00. The number of terminal acetylenes is 1.